The van der Waals surface area contributed by atoms with Crippen molar-refractivity contribution in [1.29, 1.82) is 0 Å². The summed E-state index contributed by atoms with van der Waals surface area (Å²) in [6.07, 6.45) is 5.03. The van der Waals surface area contributed by atoms with Crippen molar-refractivity contribution in [3.8, 4) is 0 Å². The first-order valence-corrected chi connectivity index (χ1v) is 7.06. The van der Waals surface area contributed by atoms with Crippen molar-refractivity contribution in [2.45, 2.75) is 63.7 Å². The molecule has 77 valence electrons. The van der Waals surface area contributed by atoms with E-state index >= 15 is 0 Å². The first kappa shape index (κ1) is 13.6. The molecule has 0 spiro atoms. The molecule has 0 aliphatic heterocycles. The molecule has 0 saturated carbocycles. The maximum absolute atomic E-state index is 3.97. The van der Waals surface area contributed by atoms with Crippen LogP contribution in [0, 0.1) is 0 Å². The Bertz CT molecular complexity index is 121. The van der Waals surface area contributed by atoms with Crippen LogP contribution < -0.4 is 0 Å². The van der Waals surface area contributed by atoms with E-state index in [1.54, 1.807) is 0 Å². The average Bonchev–Trinajstić information content (AvgIpc) is 2.18. The van der Waals surface area contributed by atoms with Crippen LogP contribution >= 0.6 is 11.8 Å². The van der Waals surface area contributed by atoms with Crippen LogP contribution in [-0.4, -0.2) is 21.2 Å². The van der Waals surface area contributed by atoms with Crippen molar-refractivity contribution in [3.05, 3.63) is 0 Å². The zero-order valence-electron chi connectivity index (χ0n) is 9.52. The summed E-state index contributed by atoms with van der Waals surface area (Å²) >= 11 is 2.13. The van der Waals surface area contributed by atoms with Gasteiger partial charge in [-0.1, -0.05) is 40.5 Å². The van der Waals surface area contributed by atoms with Crippen molar-refractivity contribution in [1.82, 2.24) is 0 Å². The maximum Gasteiger partial charge on any atom is 0.0328 e. The zero-order chi connectivity index (χ0) is 10.3. The first-order chi connectivity index (χ1) is 6.14. The third kappa shape index (κ3) is 4.07. The molecule has 0 nitrogen and oxygen atoms in total. The van der Waals surface area contributed by atoms with Gasteiger partial charge in [-0.3, -0.25) is 0 Å². The zero-order valence-corrected chi connectivity index (χ0v) is 11.3. The van der Waals surface area contributed by atoms with E-state index in [-0.39, 0.29) is 0 Å². The van der Waals surface area contributed by atoms with Gasteiger partial charge in [0.25, 0.3) is 0 Å². The number of thioether (sulfide) groups is 1. The number of rotatable bonds is 7. The molecule has 3 radical (unpaired) electrons. The van der Waals surface area contributed by atoms with Crippen LogP contribution in [0.15, 0.2) is 0 Å². The third-order valence-corrected chi connectivity index (χ3v) is 5.87. The van der Waals surface area contributed by atoms with Crippen molar-refractivity contribution in [2.75, 3.05) is 5.75 Å². The summed E-state index contributed by atoms with van der Waals surface area (Å²) in [6, 6.07) is 0. The average molecular weight is 215 g/mol. The second-order valence-corrected chi connectivity index (χ2v) is 5.94. The van der Waals surface area contributed by atoms with E-state index < -0.39 is 0 Å². The molecule has 0 aromatic rings. The van der Waals surface area contributed by atoms with Gasteiger partial charge >= 0.3 is 0 Å². The Kier molecular flexibility index (Phi) is 7.24. The summed E-state index contributed by atoms with van der Waals surface area (Å²) in [5.41, 5.74) is 0. The van der Waals surface area contributed by atoms with Gasteiger partial charge in [-0.25, -0.2) is 0 Å². The monoisotopic (exact) mass is 215 g/mol. The summed E-state index contributed by atoms with van der Waals surface area (Å²) in [4.78, 5) is 0. The summed E-state index contributed by atoms with van der Waals surface area (Å²) < 4.78 is 0. The Hall–Kier alpha value is 0.567. The largest absolute Gasteiger partial charge is 0.158 e. The molecule has 0 saturated heterocycles. The second-order valence-electron chi connectivity index (χ2n) is 3.63. The van der Waals surface area contributed by atoms with Gasteiger partial charge < -0.3 is 0 Å². The van der Waals surface area contributed by atoms with Gasteiger partial charge in [0, 0.05) is 15.5 Å². The van der Waals surface area contributed by atoms with Crippen molar-refractivity contribution in [2.24, 2.45) is 0 Å². The fraction of sp³-hybridized carbons (Fsp3) is 1.00. The maximum atomic E-state index is 3.97. The molecule has 0 bridgehead atoms. The Morgan fingerprint density at radius 1 is 1.15 bits per heavy atom. The molecular weight excluding hydrogens is 192 g/mol. The predicted octanol–water partition coefficient (Wildman–Crippen LogP) is 4.06. The highest BCUT2D eigenvalue weighted by Crippen LogP contribution is 2.43. The third-order valence-electron chi connectivity index (χ3n) is 2.77. The van der Waals surface area contributed by atoms with Gasteiger partial charge in [0.2, 0.25) is 0 Å². The van der Waals surface area contributed by atoms with Crippen LogP contribution in [-0.2, 0) is 0 Å². The minimum Gasteiger partial charge on any atom is -0.158 e. The van der Waals surface area contributed by atoms with Crippen molar-refractivity contribution in [3.63, 3.8) is 0 Å². The summed E-state index contributed by atoms with van der Waals surface area (Å²) in [6.45, 7) is 9.12. The lowest BCUT2D eigenvalue weighted by Crippen LogP contribution is -2.25. The Balaban J connectivity index is 4.16. The van der Waals surface area contributed by atoms with Crippen LogP contribution in [0.4, 0.5) is 0 Å². The normalized spacial score (nSPS) is 14.5. The Morgan fingerprint density at radius 3 is 2.00 bits per heavy atom. The van der Waals surface area contributed by atoms with E-state index in [2.05, 4.69) is 49.7 Å². The Labute approximate surface area is 91.7 Å². The van der Waals surface area contributed by atoms with Gasteiger partial charge in [-0.2, -0.15) is 11.8 Å². The second kappa shape index (κ2) is 6.94. The lowest BCUT2D eigenvalue weighted by atomic mass is 9.96. The van der Waals surface area contributed by atoms with Crippen LogP contribution in [0.1, 0.15) is 53.4 Å². The van der Waals surface area contributed by atoms with Crippen molar-refractivity contribution < 1.29 is 0 Å². The highest BCUT2D eigenvalue weighted by molar-refractivity contribution is 8.00. The first-order valence-electron chi connectivity index (χ1n) is 5.51. The summed E-state index contributed by atoms with van der Waals surface area (Å²) in [5, 5.41) is 1.15. The van der Waals surface area contributed by atoms with Crippen LogP contribution in [0.25, 0.3) is 0 Å². The fourth-order valence-corrected chi connectivity index (χ4v) is 3.50. The van der Waals surface area contributed by atoms with Gasteiger partial charge in [0.1, 0.15) is 0 Å². The van der Waals surface area contributed by atoms with E-state index in [0.29, 0.717) is 5.04 Å². The van der Waals surface area contributed by atoms with Gasteiger partial charge in [-0.15, -0.1) is 0 Å². The van der Waals surface area contributed by atoms with Crippen LogP contribution in [0.2, 0.25) is 5.04 Å². The smallest absolute Gasteiger partial charge is 0.0328 e. The van der Waals surface area contributed by atoms with Gasteiger partial charge in [0.05, 0.1) is 0 Å². The number of hydrogen-bond acceptors (Lipinski definition) is 1. The summed E-state index contributed by atoms with van der Waals surface area (Å²) in [7, 11) is 3.97. The minimum atomic E-state index is 0.370. The van der Waals surface area contributed by atoms with E-state index in [1.807, 2.05) is 0 Å². The topological polar surface area (TPSA) is 0 Å². The summed E-state index contributed by atoms with van der Waals surface area (Å²) in [5.74, 6) is 1.30. The highest BCUT2D eigenvalue weighted by atomic mass is 32.2. The molecule has 0 aromatic carbocycles. The van der Waals surface area contributed by atoms with Crippen molar-refractivity contribution >= 4 is 22.0 Å². The lowest BCUT2D eigenvalue weighted by Gasteiger charge is -2.35. The fourth-order valence-electron chi connectivity index (χ4n) is 1.63. The SMILES string of the molecule is CCCSC(CC)C([Si])(CC)CC. The molecule has 0 amide bonds. The number of hydrogen-bond donors (Lipinski definition) is 0. The molecule has 13 heavy (non-hydrogen) atoms. The quantitative estimate of drug-likeness (QED) is 0.577. The molecular formula is C11H23SSi. The predicted molar refractivity (Wildman–Crippen MR) is 65.9 cm³/mol. The standard InChI is InChI=1S/C11H23SSi/c1-5-9-12-10(6-2)11(13,7-3)8-4/h10H,5-9H2,1-4H3. The highest BCUT2D eigenvalue weighted by Gasteiger charge is 2.29. The molecule has 0 aromatic heterocycles. The van der Waals surface area contributed by atoms with Crippen LogP contribution in [0.3, 0.4) is 0 Å². The molecule has 2 heteroatoms. The molecule has 0 N–H and O–H groups in total. The van der Waals surface area contributed by atoms with Crippen LogP contribution in [0.5, 0.6) is 0 Å². The molecule has 0 rings (SSSR count). The molecule has 0 aliphatic carbocycles. The molecule has 0 aliphatic rings. The van der Waals surface area contributed by atoms with Gasteiger partial charge in [0.15, 0.2) is 0 Å². The Morgan fingerprint density at radius 2 is 1.69 bits per heavy atom. The van der Waals surface area contributed by atoms with Gasteiger partial charge in [-0.05, 0) is 23.6 Å². The lowest BCUT2D eigenvalue weighted by molar-refractivity contribution is 0.489. The molecule has 1 atom stereocenters. The molecule has 1 unspecified atom stereocenters. The van der Waals surface area contributed by atoms with E-state index in [0.717, 1.165) is 5.25 Å². The molecule has 0 heterocycles. The minimum absolute atomic E-state index is 0.370. The van der Waals surface area contributed by atoms with E-state index in [1.165, 1.54) is 31.4 Å². The van der Waals surface area contributed by atoms with E-state index in [9.17, 15) is 0 Å². The van der Waals surface area contributed by atoms with E-state index in [4.69, 9.17) is 0 Å². The molecule has 0 fully saturated rings.